The fraction of sp³-hybridized carbons (Fsp3) is 0.500. The molecule has 0 radical (unpaired) electrons. The quantitative estimate of drug-likeness (QED) is 0.445. The first-order valence-corrected chi connectivity index (χ1v) is 8.02. The highest BCUT2D eigenvalue weighted by molar-refractivity contribution is 7.98. The van der Waals surface area contributed by atoms with Gasteiger partial charge in [0.25, 0.3) is 5.91 Å². The van der Waals surface area contributed by atoms with Crippen LogP contribution >= 0.6 is 23.4 Å². The zero-order valence-corrected chi connectivity index (χ0v) is 12.3. The van der Waals surface area contributed by atoms with Gasteiger partial charge in [-0.05, 0) is 31.2 Å². The van der Waals surface area contributed by atoms with Gasteiger partial charge in [-0.2, -0.15) is 0 Å². The molecule has 100 valence electrons. The molecular formula is C14H20ClNOS. The third kappa shape index (κ3) is 5.32. The highest BCUT2D eigenvalue weighted by Crippen LogP contribution is 2.19. The molecule has 1 N–H and O–H groups in total. The summed E-state index contributed by atoms with van der Waals surface area (Å²) in [5.41, 5.74) is 0.769. The van der Waals surface area contributed by atoms with Gasteiger partial charge in [-0.3, -0.25) is 4.79 Å². The predicted molar refractivity (Wildman–Crippen MR) is 79.7 cm³/mol. The Kier molecular flexibility index (Phi) is 7.94. The Morgan fingerprint density at radius 3 is 2.67 bits per heavy atom. The van der Waals surface area contributed by atoms with Crippen LogP contribution in [-0.2, 0) is 0 Å². The van der Waals surface area contributed by atoms with E-state index in [1.807, 2.05) is 30.5 Å². The molecule has 18 heavy (non-hydrogen) atoms. The number of amides is 1. The van der Waals surface area contributed by atoms with E-state index in [0.29, 0.717) is 0 Å². The van der Waals surface area contributed by atoms with Gasteiger partial charge >= 0.3 is 0 Å². The molecule has 2 nitrogen and oxygen atoms in total. The number of nitrogens with one attached hydrogen (secondary N) is 1. The van der Waals surface area contributed by atoms with Crippen molar-refractivity contribution in [3.63, 3.8) is 0 Å². The second-order valence-electron chi connectivity index (χ2n) is 4.06. The third-order valence-electron chi connectivity index (χ3n) is 2.70. The van der Waals surface area contributed by atoms with Crippen molar-refractivity contribution in [3.8, 4) is 0 Å². The Labute approximate surface area is 118 Å². The Balaban J connectivity index is 2.32. The molecule has 0 unspecified atom stereocenters. The first-order chi connectivity index (χ1) is 8.79. The summed E-state index contributed by atoms with van der Waals surface area (Å²) in [4.78, 5) is 13.0. The van der Waals surface area contributed by atoms with Gasteiger partial charge in [-0.25, -0.2) is 0 Å². The van der Waals surface area contributed by atoms with Crippen LogP contribution in [0.3, 0.4) is 0 Å². The number of thioether (sulfide) groups is 1. The van der Waals surface area contributed by atoms with Crippen molar-refractivity contribution in [1.82, 2.24) is 5.32 Å². The van der Waals surface area contributed by atoms with Gasteiger partial charge in [0, 0.05) is 17.3 Å². The molecule has 1 aromatic carbocycles. The number of alkyl halides is 1. The molecule has 0 heterocycles. The van der Waals surface area contributed by atoms with Crippen molar-refractivity contribution in [3.05, 3.63) is 29.8 Å². The van der Waals surface area contributed by atoms with Crippen molar-refractivity contribution in [2.45, 2.75) is 30.6 Å². The second-order valence-corrected chi connectivity index (χ2v) is 5.29. The summed E-state index contributed by atoms with van der Waals surface area (Å²) < 4.78 is 0. The molecule has 0 fully saturated rings. The predicted octanol–water partition coefficient (Wildman–Crippen LogP) is 3.94. The van der Waals surface area contributed by atoms with Crippen LogP contribution in [0, 0.1) is 0 Å². The van der Waals surface area contributed by atoms with E-state index in [-0.39, 0.29) is 5.91 Å². The minimum absolute atomic E-state index is 0.0253. The summed E-state index contributed by atoms with van der Waals surface area (Å²) in [6, 6.07) is 7.69. The molecule has 0 saturated heterocycles. The van der Waals surface area contributed by atoms with Crippen LogP contribution in [0.25, 0.3) is 0 Å². The van der Waals surface area contributed by atoms with Gasteiger partial charge in [0.15, 0.2) is 0 Å². The van der Waals surface area contributed by atoms with Gasteiger partial charge in [0.2, 0.25) is 0 Å². The fourth-order valence-electron chi connectivity index (χ4n) is 1.70. The molecule has 0 bridgehead atoms. The highest BCUT2D eigenvalue weighted by Gasteiger charge is 2.08. The van der Waals surface area contributed by atoms with E-state index in [2.05, 4.69) is 5.32 Å². The molecule has 4 heteroatoms. The molecule has 1 rings (SSSR count). The lowest BCUT2D eigenvalue weighted by molar-refractivity contribution is 0.0950. The Morgan fingerprint density at radius 2 is 1.94 bits per heavy atom. The van der Waals surface area contributed by atoms with Gasteiger partial charge in [0.05, 0.1) is 5.56 Å². The zero-order chi connectivity index (χ0) is 13.2. The van der Waals surface area contributed by atoms with E-state index in [1.54, 1.807) is 11.8 Å². The van der Waals surface area contributed by atoms with E-state index >= 15 is 0 Å². The van der Waals surface area contributed by atoms with Gasteiger partial charge in [-0.1, -0.05) is 25.0 Å². The smallest absolute Gasteiger partial charge is 0.252 e. The van der Waals surface area contributed by atoms with E-state index in [1.165, 1.54) is 0 Å². The SMILES string of the molecule is CSc1ccccc1C(=O)NCCCCCCCl. The molecule has 0 aliphatic rings. The lowest BCUT2D eigenvalue weighted by atomic mass is 10.2. The molecular weight excluding hydrogens is 266 g/mol. The standard InChI is InChI=1S/C14H20ClNOS/c1-18-13-9-5-4-8-12(13)14(17)16-11-7-3-2-6-10-15/h4-5,8-9H,2-3,6-7,10-11H2,1H3,(H,16,17). The Hall–Kier alpha value is -0.670. The average molecular weight is 286 g/mol. The monoisotopic (exact) mass is 285 g/mol. The molecule has 0 saturated carbocycles. The minimum atomic E-state index is 0.0253. The first-order valence-electron chi connectivity index (χ1n) is 6.26. The maximum atomic E-state index is 12.0. The van der Waals surface area contributed by atoms with Crippen LogP contribution in [0.4, 0.5) is 0 Å². The number of hydrogen-bond donors (Lipinski definition) is 1. The molecule has 0 aliphatic heterocycles. The van der Waals surface area contributed by atoms with E-state index < -0.39 is 0 Å². The van der Waals surface area contributed by atoms with Crippen LogP contribution in [0.15, 0.2) is 29.2 Å². The average Bonchev–Trinajstić information content (AvgIpc) is 2.42. The van der Waals surface area contributed by atoms with Crippen LogP contribution in [-0.4, -0.2) is 24.6 Å². The molecule has 0 atom stereocenters. The van der Waals surface area contributed by atoms with Crippen LogP contribution < -0.4 is 5.32 Å². The summed E-state index contributed by atoms with van der Waals surface area (Å²) >= 11 is 7.20. The fourth-order valence-corrected chi connectivity index (χ4v) is 2.49. The van der Waals surface area contributed by atoms with Crippen molar-refractivity contribution >= 4 is 29.3 Å². The van der Waals surface area contributed by atoms with E-state index in [4.69, 9.17) is 11.6 Å². The van der Waals surface area contributed by atoms with Crippen molar-refractivity contribution < 1.29 is 4.79 Å². The summed E-state index contributed by atoms with van der Waals surface area (Å²) in [7, 11) is 0. The second kappa shape index (κ2) is 9.29. The number of halogens is 1. The van der Waals surface area contributed by atoms with Crippen LogP contribution in [0.5, 0.6) is 0 Å². The van der Waals surface area contributed by atoms with Crippen molar-refractivity contribution in [2.75, 3.05) is 18.7 Å². The number of carbonyl (C=O) groups excluding carboxylic acids is 1. The minimum Gasteiger partial charge on any atom is -0.352 e. The van der Waals surface area contributed by atoms with Gasteiger partial charge in [-0.15, -0.1) is 23.4 Å². The zero-order valence-electron chi connectivity index (χ0n) is 10.7. The van der Waals surface area contributed by atoms with Gasteiger partial charge < -0.3 is 5.32 Å². The lowest BCUT2D eigenvalue weighted by Crippen LogP contribution is -2.24. The molecule has 1 aromatic rings. The van der Waals surface area contributed by atoms with E-state index in [0.717, 1.165) is 48.6 Å². The van der Waals surface area contributed by atoms with E-state index in [9.17, 15) is 4.79 Å². The Bertz CT molecular complexity index is 371. The topological polar surface area (TPSA) is 29.1 Å². The Morgan fingerprint density at radius 1 is 1.22 bits per heavy atom. The molecule has 1 amide bonds. The first kappa shape index (κ1) is 15.4. The third-order valence-corrected chi connectivity index (χ3v) is 3.76. The summed E-state index contributed by atoms with van der Waals surface area (Å²) in [5, 5.41) is 2.97. The van der Waals surface area contributed by atoms with Crippen LogP contribution in [0.2, 0.25) is 0 Å². The summed E-state index contributed by atoms with van der Waals surface area (Å²) in [6.45, 7) is 0.740. The number of unbranched alkanes of at least 4 members (excludes halogenated alkanes) is 3. The molecule has 0 aromatic heterocycles. The molecule has 0 spiro atoms. The van der Waals surface area contributed by atoms with Crippen LogP contribution in [0.1, 0.15) is 36.0 Å². The largest absolute Gasteiger partial charge is 0.352 e. The highest BCUT2D eigenvalue weighted by atomic mass is 35.5. The normalized spacial score (nSPS) is 10.3. The number of hydrogen-bond acceptors (Lipinski definition) is 2. The number of benzene rings is 1. The van der Waals surface area contributed by atoms with Crippen molar-refractivity contribution in [1.29, 1.82) is 0 Å². The maximum absolute atomic E-state index is 12.0. The number of carbonyl (C=O) groups is 1. The summed E-state index contributed by atoms with van der Waals surface area (Å²) in [5.74, 6) is 0.755. The maximum Gasteiger partial charge on any atom is 0.252 e. The molecule has 0 aliphatic carbocycles. The summed E-state index contributed by atoms with van der Waals surface area (Å²) in [6.07, 6.45) is 6.32. The van der Waals surface area contributed by atoms with Crippen molar-refractivity contribution in [2.24, 2.45) is 0 Å². The lowest BCUT2D eigenvalue weighted by Gasteiger charge is -2.08. The van der Waals surface area contributed by atoms with Gasteiger partial charge in [0.1, 0.15) is 0 Å². The number of rotatable bonds is 8.